The zero-order chi connectivity index (χ0) is 15.1. The fourth-order valence-corrected chi connectivity index (χ4v) is 4.11. The summed E-state index contributed by atoms with van der Waals surface area (Å²) in [6.45, 7) is 7.65. The smallest absolute Gasteiger partial charge is 0.320 e. The maximum atomic E-state index is 12.6. The Morgan fingerprint density at radius 1 is 1.19 bits per heavy atom. The van der Waals surface area contributed by atoms with E-state index in [1.165, 1.54) is 0 Å². The third-order valence-corrected chi connectivity index (χ3v) is 5.34. The number of nitrogens with zero attached hydrogens (tertiary/aromatic N) is 3. The molecule has 3 aliphatic rings. The van der Waals surface area contributed by atoms with Gasteiger partial charge in [0.15, 0.2) is 0 Å². The molecule has 3 fully saturated rings. The molecule has 3 rings (SSSR count). The van der Waals surface area contributed by atoms with Gasteiger partial charge in [0.2, 0.25) is 0 Å². The summed E-state index contributed by atoms with van der Waals surface area (Å²) in [7, 11) is 0. The van der Waals surface area contributed by atoms with Gasteiger partial charge in [0, 0.05) is 38.3 Å². The van der Waals surface area contributed by atoms with Gasteiger partial charge in [-0.15, -0.1) is 0 Å². The van der Waals surface area contributed by atoms with Crippen molar-refractivity contribution in [1.82, 2.24) is 14.7 Å². The first-order valence-electron chi connectivity index (χ1n) is 8.03. The molecule has 0 aromatic carbocycles. The van der Waals surface area contributed by atoms with Gasteiger partial charge in [0.25, 0.3) is 0 Å². The number of aliphatic carboxylic acids is 1. The molecule has 0 spiro atoms. The summed E-state index contributed by atoms with van der Waals surface area (Å²) >= 11 is 0. The lowest BCUT2D eigenvalue weighted by Crippen LogP contribution is -2.53. The lowest BCUT2D eigenvalue weighted by Gasteiger charge is -2.38. The summed E-state index contributed by atoms with van der Waals surface area (Å²) in [6, 6.07) is 0.674. The predicted octanol–water partition coefficient (Wildman–Crippen LogP) is 1.07. The monoisotopic (exact) mass is 295 g/mol. The second kappa shape index (κ2) is 5.48. The summed E-state index contributed by atoms with van der Waals surface area (Å²) in [5.41, 5.74) is 0. The minimum Gasteiger partial charge on any atom is -0.481 e. The SMILES string of the molecule is CC(C)N1CCN2C(=O)N(C3CCCC3C(=O)O)CC2C1. The second-order valence-corrected chi connectivity index (χ2v) is 6.81. The lowest BCUT2D eigenvalue weighted by molar-refractivity contribution is -0.142. The van der Waals surface area contributed by atoms with E-state index in [9.17, 15) is 14.7 Å². The van der Waals surface area contributed by atoms with Crippen molar-refractivity contribution >= 4 is 12.0 Å². The van der Waals surface area contributed by atoms with Gasteiger partial charge < -0.3 is 14.9 Å². The van der Waals surface area contributed by atoms with E-state index in [0.717, 1.165) is 32.5 Å². The number of rotatable bonds is 3. The molecule has 0 aromatic heterocycles. The summed E-state index contributed by atoms with van der Waals surface area (Å²) in [6.07, 6.45) is 2.44. The Morgan fingerprint density at radius 2 is 1.95 bits per heavy atom. The highest BCUT2D eigenvalue weighted by Crippen LogP contribution is 2.34. The molecule has 2 saturated heterocycles. The van der Waals surface area contributed by atoms with E-state index in [-0.39, 0.29) is 24.0 Å². The van der Waals surface area contributed by atoms with Gasteiger partial charge in [0.05, 0.1) is 12.0 Å². The van der Waals surface area contributed by atoms with Gasteiger partial charge in [-0.2, -0.15) is 0 Å². The van der Waals surface area contributed by atoms with E-state index in [2.05, 4.69) is 18.7 Å². The van der Waals surface area contributed by atoms with Gasteiger partial charge in [-0.3, -0.25) is 9.69 Å². The molecule has 2 heterocycles. The first-order valence-corrected chi connectivity index (χ1v) is 8.03. The van der Waals surface area contributed by atoms with E-state index in [1.54, 1.807) is 0 Å². The van der Waals surface area contributed by atoms with E-state index in [4.69, 9.17) is 0 Å². The maximum Gasteiger partial charge on any atom is 0.320 e. The number of carboxylic acid groups (broad SMARTS) is 1. The summed E-state index contributed by atoms with van der Waals surface area (Å²) in [5.74, 6) is -1.13. The number of carboxylic acids is 1. The Hall–Kier alpha value is -1.30. The van der Waals surface area contributed by atoms with Crippen LogP contribution in [0.2, 0.25) is 0 Å². The topological polar surface area (TPSA) is 64.1 Å². The van der Waals surface area contributed by atoms with E-state index in [0.29, 0.717) is 19.0 Å². The molecule has 3 unspecified atom stereocenters. The molecule has 1 saturated carbocycles. The zero-order valence-corrected chi connectivity index (χ0v) is 12.9. The fourth-order valence-electron chi connectivity index (χ4n) is 4.11. The van der Waals surface area contributed by atoms with Crippen molar-refractivity contribution in [3.63, 3.8) is 0 Å². The van der Waals surface area contributed by atoms with Gasteiger partial charge in [-0.25, -0.2) is 4.79 Å². The molecule has 118 valence electrons. The summed E-state index contributed by atoms with van der Waals surface area (Å²) < 4.78 is 0. The standard InChI is InChI=1S/C15H25N3O3/c1-10(2)16-6-7-17-11(8-16)9-18(15(17)21)13-5-3-4-12(13)14(19)20/h10-13H,3-9H2,1-2H3,(H,19,20). The number of hydrogen-bond donors (Lipinski definition) is 1. The Bertz CT molecular complexity index is 440. The van der Waals surface area contributed by atoms with Crippen LogP contribution in [0.25, 0.3) is 0 Å². The van der Waals surface area contributed by atoms with Gasteiger partial charge in [-0.05, 0) is 26.7 Å². The number of piperazine rings is 1. The molecular weight excluding hydrogens is 270 g/mol. The maximum absolute atomic E-state index is 12.6. The lowest BCUT2D eigenvalue weighted by atomic mass is 10.0. The quantitative estimate of drug-likeness (QED) is 0.846. The van der Waals surface area contributed by atoms with Crippen LogP contribution in [-0.2, 0) is 4.79 Å². The predicted molar refractivity (Wildman–Crippen MR) is 78.1 cm³/mol. The molecule has 2 amide bonds. The van der Waals surface area contributed by atoms with E-state index in [1.807, 2.05) is 9.80 Å². The van der Waals surface area contributed by atoms with Gasteiger partial charge in [-0.1, -0.05) is 6.42 Å². The Morgan fingerprint density at radius 3 is 2.62 bits per heavy atom. The van der Waals surface area contributed by atoms with Crippen molar-refractivity contribution in [3.8, 4) is 0 Å². The third-order valence-electron chi connectivity index (χ3n) is 5.34. The van der Waals surface area contributed by atoms with Crippen LogP contribution in [0.3, 0.4) is 0 Å². The van der Waals surface area contributed by atoms with Crippen molar-refractivity contribution in [1.29, 1.82) is 0 Å². The molecule has 0 radical (unpaired) electrons. The molecule has 3 atom stereocenters. The number of hydrogen-bond acceptors (Lipinski definition) is 3. The second-order valence-electron chi connectivity index (χ2n) is 6.81. The number of urea groups is 1. The highest BCUT2D eigenvalue weighted by Gasteiger charge is 2.47. The minimum atomic E-state index is -0.751. The Kier molecular flexibility index (Phi) is 3.82. The molecular formula is C15H25N3O3. The minimum absolute atomic E-state index is 0.0570. The van der Waals surface area contributed by atoms with Gasteiger partial charge in [0.1, 0.15) is 0 Å². The Labute approximate surface area is 125 Å². The van der Waals surface area contributed by atoms with Crippen molar-refractivity contribution < 1.29 is 14.7 Å². The van der Waals surface area contributed by atoms with E-state index >= 15 is 0 Å². The molecule has 1 aliphatic carbocycles. The normalized spacial score (nSPS) is 33.9. The highest BCUT2D eigenvalue weighted by molar-refractivity contribution is 5.79. The molecule has 0 bridgehead atoms. The first-order chi connectivity index (χ1) is 9.99. The van der Waals surface area contributed by atoms with Crippen LogP contribution in [0.5, 0.6) is 0 Å². The third kappa shape index (κ3) is 2.50. The number of carbonyl (C=O) groups excluding carboxylic acids is 1. The average Bonchev–Trinajstić information content (AvgIpc) is 3.03. The number of fused-ring (bicyclic) bond motifs is 1. The van der Waals surface area contributed by atoms with Crippen LogP contribution >= 0.6 is 0 Å². The Balaban J connectivity index is 1.72. The van der Waals surface area contributed by atoms with E-state index < -0.39 is 5.97 Å². The zero-order valence-electron chi connectivity index (χ0n) is 12.9. The fraction of sp³-hybridized carbons (Fsp3) is 0.867. The molecule has 6 nitrogen and oxygen atoms in total. The molecule has 0 aromatic rings. The average molecular weight is 295 g/mol. The molecule has 6 heteroatoms. The van der Waals surface area contributed by atoms with Crippen LogP contribution in [0.15, 0.2) is 0 Å². The molecule has 1 N–H and O–H groups in total. The van der Waals surface area contributed by atoms with Crippen LogP contribution < -0.4 is 0 Å². The summed E-state index contributed by atoms with van der Waals surface area (Å²) in [4.78, 5) is 30.2. The number of amides is 2. The summed E-state index contributed by atoms with van der Waals surface area (Å²) in [5, 5.41) is 9.34. The largest absolute Gasteiger partial charge is 0.481 e. The first kappa shape index (κ1) is 14.6. The van der Waals surface area contributed by atoms with Crippen LogP contribution in [0.1, 0.15) is 33.1 Å². The van der Waals surface area contributed by atoms with Crippen molar-refractivity contribution in [3.05, 3.63) is 0 Å². The van der Waals surface area contributed by atoms with Crippen LogP contribution in [0.4, 0.5) is 4.79 Å². The van der Waals surface area contributed by atoms with Crippen LogP contribution in [-0.4, -0.2) is 76.1 Å². The molecule has 2 aliphatic heterocycles. The van der Waals surface area contributed by atoms with Gasteiger partial charge >= 0.3 is 12.0 Å². The van der Waals surface area contributed by atoms with Crippen molar-refractivity contribution in [2.45, 2.75) is 51.2 Å². The molecule has 21 heavy (non-hydrogen) atoms. The highest BCUT2D eigenvalue weighted by atomic mass is 16.4. The number of carbonyl (C=O) groups is 2. The van der Waals surface area contributed by atoms with Crippen molar-refractivity contribution in [2.75, 3.05) is 26.2 Å². The van der Waals surface area contributed by atoms with Crippen molar-refractivity contribution in [2.24, 2.45) is 5.92 Å². The van der Waals surface area contributed by atoms with Crippen LogP contribution in [0, 0.1) is 5.92 Å².